The summed E-state index contributed by atoms with van der Waals surface area (Å²) in [5.41, 5.74) is 4.04. The SMILES string of the molecule is O=C(O)C1CC(c2ccccc2Cl)=NN1. The Balaban J connectivity index is 2.21. The molecule has 2 rings (SSSR count). The maximum Gasteiger partial charge on any atom is 0.328 e. The highest BCUT2D eigenvalue weighted by atomic mass is 35.5. The zero-order chi connectivity index (χ0) is 10.8. The fourth-order valence-electron chi connectivity index (χ4n) is 1.45. The predicted molar refractivity (Wildman–Crippen MR) is 57.2 cm³/mol. The molecule has 1 atom stereocenters. The molecular weight excluding hydrogens is 216 g/mol. The summed E-state index contributed by atoms with van der Waals surface area (Å²) in [5.74, 6) is -0.902. The standard InChI is InChI=1S/C10H9ClN2O2/c11-7-4-2-1-3-6(7)8-5-9(10(14)15)13-12-8/h1-4,9,13H,5H2,(H,14,15). The van der Waals surface area contributed by atoms with Crippen molar-refractivity contribution >= 4 is 23.3 Å². The number of carbonyl (C=O) groups is 1. The predicted octanol–water partition coefficient (Wildman–Crippen LogP) is 1.49. The van der Waals surface area contributed by atoms with Gasteiger partial charge in [-0.15, -0.1) is 0 Å². The quantitative estimate of drug-likeness (QED) is 0.800. The van der Waals surface area contributed by atoms with Gasteiger partial charge < -0.3 is 5.11 Å². The molecule has 0 radical (unpaired) electrons. The molecule has 0 saturated heterocycles. The van der Waals surface area contributed by atoms with E-state index in [1.807, 2.05) is 18.2 Å². The maximum atomic E-state index is 10.7. The Bertz CT molecular complexity index is 431. The van der Waals surface area contributed by atoms with Crippen LogP contribution in [0.4, 0.5) is 0 Å². The summed E-state index contributed by atoms with van der Waals surface area (Å²) in [6, 6.07) is 6.61. The fourth-order valence-corrected chi connectivity index (χ4v) is 1.69. The number of hydrazone groups is 1. The molecule has 15 heavy (non-hydrogen) atoms. The molecule has 0 aromatic heterocycles. The second kappa shape index (κ2) is 3.90. The minimum absolute atomic E-state index is 0.360. The Morgan fingerprint density at radius 3 is 2.87 bits per heavy atom. The first-order chi connectivity index (χ1) is 7.18. The van der Waals surface area contributed by atoms with Crippen molar-refractivity contribution in [2.24, 2.45) is 5.10 Å². The van der Waals surface area contributed by atoms with Crippen molar-refractivity contribution in [3.05, 3.63) is 34.9 Å². The van der Waals surface area contributed by atoms with E-state index in [4.69, 9.17) is 16.7 Å². The van der Waals surface area contributed by atoms with Crippen LogP contribution in [0.5, 0.6) is 0 Å². The summed E-state index contributed by atoms with van der Waals surface area (Å²) in [6.07, 6.45) is 0.360. The number of benzene rings is 1. The number of hydrogen-bond acceptors (Lipinski definition) is 3. The molecule has 0 fully saturated rings. The number of carboxylic acids is 1. The molecule has 1 aliphatic heterocycles. The van der Waals surface area contributed by atoms with Crippen molar-refractivity contribution < 1.29 is 9.90 Å². The average Bonchev–Trinajstić information content (AvgIpc) is 2.67. The molecule has 1 unspecified atom stereocenters. The fraction of sp³-hybridized carbons (Fsp3) is 0.200. The van der Waals surface area contributed by atoms with Gasteiger partial charge in [-0.25, -0.2) is 4.79 Å². The Kier molecular flexibility index (Phi) is 2.60. The highest BCUT2D eigenvalue weighted by Gasteiger charge is 2.26. The number of nitrogens with one attached hydrogen (secondary N) is 1. The molecule has 1 aromatic rings. The molecule has 4 nitrogen and oxygen atoms in total. The van der Waals surface area contributed by atoms with Crippen LogP contribution in [0.15, 0.2) is 29.4 Å². The monoisotopic (exact) mass is 224 g/mol. The van der Waals surface area contributed by atoms with Crippen molar-refractivity contribution in [1.82, 2.24) is 5.43 Å². The van der Waals surface area contributed by atoms with E-state index in [1.54, 1.807) is 6.07 Å². The van der Waals surface area contributed by atoms with Crippen LogP contribution < -0.4 is 5.43 Å². The molecule has 0 saturated carbocycles. The topological polar surface area (TPSA) is 61.7 Å². The molecule has 5 heteroatoms. The minimum atomic E-state index is -0.902. The van der Waals surface area contributed by atoms with Gasteiger partial charge >= 0.3 is 5.97 Å². The average molecular weight is 225 g/mol. The molecule has 1 aliphatic rings. The second-order valence-electron chi connectivity index (χ2n) is 3.26. The van der Waals surface area contributed by atoms with Gasteiger partial charge in [-0.1, -0.05) is 29.8 Å². The van der Waals surface area contributed by atoms with Gasteiger partial charge in [0.15, 0.2) is 0 Å². The van der Waals surface area contributed by atoms with Crippen LogP contribution in [0.25, 0.3) is 0 Å². The number of carboxylic acid groups (broad SMARTS) is 1. The first-order valence-corrected chi connectivity index (χ1v) is 4.86. The van der Waals surface area contributed by atoms with Crippen molar-refractivity contribution in [1.29, 1.82) is 0 Å². The number of aliphatic carboxylic acids is 1. The lowest BCUT2D eigenvalue weighted by Gasteiger charge is -2.03. The third-order valence-corrected chi connectivity index (χ3v) is 2.57. The molecule has 1 aromatic carbocycles. The van der Waals surface area contributed by atoms with Crippen molar-refractivity contribution in [3.8, 4) is 0 Å². The van der Waals surface area contributed by atoms with Crippen LogP contribution in [-0.2, 0) is 4.79 Å². The zero-order valence-electron chi connectivity index (χ0n) is 7.77. The summed E-state index contributed by atoms with van der Waals surface area (Å²) < 4.78 is 0. The summed E-state index contributed by atoms with van der Waals surface area (Å²) in [4.78, 5) is 10.7. The van der Waals surface area contributed by atoms with Gasteiger partial charge in [-0.05, 0) is 6.07 Å². The van der Waals surface area contributed by atoms with Gasteiger partial charge in [0.05, 0.1) is 5.71 Å². The summed E-state index contributed by atoms with van der Waals surface area (Å²) >= 11 is 5.98. The molecule has 0 bridgehead atoms. The maximum absolute atomic E-state index is 10.7. The number of rotatable bonds is 2. The Morgan fingerprint density at radius 2 is 2.27 bits per heavy atom. The van der Waals surface area contributed by atoms with E-state index in [0.29, 0.717) is 17.2 Å². The van der Waals surface area contributed by atoms with E-state index < -0.39 is 12.0 Å². The van der Waals surface area contributed by atoms with Gasteiger partial charge in [-0.2, -0.15) is 5.10 Å². The Hall–Kier alpha value is -1.55. The van der Waals surface area contributed by atoms with Crippen LogP contribution in [0, 0.1) is 0 Å². The zero-order valence-corrected chi connectivity index (χ0v) is 8.53. The van der Waals surface area contributed by atoms with Gasteiger partial charge in [-0.3, -0.25) is 5.43 Å². The lowest BCUT2D eigenvalue weighted by molar-refractivity contribution is -0.139. The molecule has 1 heterocycles. The lowest BCUT2D eigenvalue weighted by atomic mass is 10.0. The van der Waals surface area contributed by atoms with Crippen LogP contribution in [0.1, 0.15) is 12.0 Å². The highest BCUT2D eigenvalue weighted by molar-refractivity contribution is 6.34. The molecule has 2 N–H and O–H groups in total. The second-order valence-corrected chi connectivity index (χ2v) is 3.67. The van der Waals surface area contributed by atoms with Gasteiger partial charge in [0.2, 0.25) is 0 Å². The summed E-state index contributed by atoms with van der Waals surface area (Å²) in [6.45, 7) is 0. The van der Waals surface area contributed by atoms with Crippen molar-refractivity contribution in [2.45, 2.75) is 12.5 Å². The summed E-state index contributed by atoms with van der Waals surface area (Å²) in [5, 5.41) is 13.3. The Labute approximate surface area is 91.6 Å². The van der Waals surface area contributed by atoms with Crippen molar-refractivity contribution in [3.63, 3.8) is 0 Å². The smallest absolute Gasteiger partial charge is 0.328 e. The third-order valence-electron chi connectivity index (χ3n) is 2.24. The first kappa shape index (κ1) is 9.98. The number of hydrogen-bond donors (Lipinski definition) is 2. The highest BCUT2D eigenvalue weighted by Crippen LogP contribution is 2.20. The van der Waals surface area contributed by atoms with Crippen LogP contribution in [-0.4, -0.2) is 22.8 Å². The Morgan fingerprint density at radius 1 is 1.53 bits per heavy atom. The van der Waals surface area contributed by atoms with E-state index in [0.717, 1.165) is 5.56 Å². The van der Waals surface area contributed by atoms with Gasteiger partial charge in [0.25, 0.3) is 0 Å². The minimum Gasteiger partial charge on any atom is -0.480 e. The van der Waals surface area contributed by atoms with E-state index in [-0.39, 0.29) is 0 Å². The molecule has 78 valence electrons. The van der Waals surface area contributed by atoms with Gasteiger partial charge in [0.1, 0.15) is 6.04 Å². The van der Waals surface area contributed by atoms with Crippen molar-refractivity contribution in [2.75, 3.05) is 0 Å². The molecule has 0 amide bonds. The summed E-state index contributed by atoms with van der Waals surface area (Å²) in [7, 11) is 0. The van der Waals surface area contributed by atoms with Gasteiger partial charge in [0, 0.05) is 17.0 Å². The van der Waals surface area contributed by atoms with E-state index in [9.17, 15) is 4.79 Å². The molecular formula is C10H9ClN2O2. The normalized spacial score (nSPS) is 19.5. The molecule has 0 spiro atoms. The first-order valence-electron chi connectivity index (χ1n) is 4.48. The van der Waals surface area contributed by atoms with E-state index in [2.05, 4.69) is 10.5 Å². The molecule has 0 aliphatic carbocycles. The number of nitrogens with zero attached hydrogens (tertiary/aromatic N) is 1. The number of halogens is 1. The van der Waals surface area contributed by atoms with Crippen LogP contribution in [0.2, 0.25) is 5.02 Å². The lowest BCUT2D eigenvalue weighted by Crippen LogP contribution is -2.29. The van der Waals surface area contributed by atoms with Crippen LogP contribution >= 0.6 is 11.6 Å². The largest absolute Gasteiger partial charge is 0.480 e. The van der Waals surface area contributed by atoms with Crippen LogP contribution in [0.3, 0.4) is 0 Å². The van der Waals surface area contributed by atoms with E-state index >= 15 is 0 Å². The third kappa shape index (κ3) is 1.94. The van der Waals surface area contributed by atoms with E-state index in [1.165, 1.54) is 0 Å².